The number of rotatable bonds is 4. The third kappa shape index (κ3) is 3.34. The van der Waals surface area contributed by atoms with E-state index in [2.05, 4.69) is 6.07 Å². The van der Waals surface area contributed by atoms with Crippen LogP contribution in [-0.2, 0) is 11.2 Å². The van der Waals surface area contributed by atoms with E-state index >= 15 is 0 Å². The summed E-state index contributed by atoms with van der Waals surface area (Å²) in [6.07, 6.45) is 2.38. The second-order valence-electron chi connectivity index (χ2n) is 6.68. The standard InChI is InChI=1S/C21H23NO4/c1-24-17-5-2-4-15(12-17)13-21(23)22-9-3-6-18(22)16-7-8-19-20(14-16)26-11-10-25-19/h2,4-5,7-8,12,14,18H,3,6,9-11,13H2,1H3. The normalized spacial score (nSPS) is 18.7. The first-order valence-electron chi connectivity index (χ1n) is 9.06. The molecule has 0 bridgehead atoms. The van der Waals surface area contributed by atoms with Gasteiger partial charge in [-0.05, 0) is 48.2 Å². The van der Waals surface area contributed by atoms with Gasteiger partial charge < -0.3 is 19.1 Å². The van der Waals surface area contributed by atoms with Gasteiger partial charge in [0.25, 0.3) is 0 Å². The molecule has 0 radical (unpaired) electrons. The minimum Gasteiger partial charge on any atom is -0.497 e. The molecule has 0 saturated carbocycles. The van der Waals surface area contributed by atoms with Crippen molar-refractivity contribution >= 4 is 5.91 Å². The first kappa shape index (κ1) is 16.8. The van der Waals surface area contributed by atoms with Crippen LogP contribution in [0.4, 0.5) is 0 Å². The molecule has 4 rings (SSSR count). The molecule has 0 aromatic heterocycles. The Balaban J connectivity index is 1.51. The van der Waals surface area contributed by atoms with Crippen molar-refractivity contribution in [1.82, 2.24) is 4.90 Å². The van der Waals surface area contributed by atoms with E-state index in [-0.39, 0.29) is 11.9 Å². The van der Waals surface area contributed by atoms with Crippen LogP contribution in [-0.4, -0.2) is 37.7 Å². The zero-order valence-corrected chi connectivity index (χ0v) is 14.9. The Bertz CT molecular complexity index is 804. The highest BCUT2D eigenvalue weighted by molar-refractivity contribution is 5.79. The number of carbonyl (C=O) groups is 1. The summed E-state index contributed by atoms with van der Waals surface area (Å²) in [4.78, 5) is 14.9. The third-order valence-electron chi connectivity index (χ3n) is 5.01. The molecule has 2 aromatic rings. The number of likely N-dealkylation sites (tertiary alicyclic amines) is 1. The highest BCUT2D eigenvalue weighted by atomic mass is 16.6. The molecule has 26 heavy (non-hydrogen) atoms. The van der Waals surface area contributed by atoms with Crippen LogP contribution >= 0.6 is 0 Å². The quantitative estimate of drug-likeness (QED) is 0.846. The number of fused-ring (bicyclic) bond motifs is 1. The number of ether oxygens (including phenoxy) is 3. The van der Waals surface area contributed by atoms with Crippen LogP contribution < -0.4 is 14.2 Å². The Morgan fingerprint density at radius 2 is 2.00 bits per heavy atom. The fourth-order valence-electron chi connectivity index (χ4n) is 3.74. The molecule has 5 heteroatoms. The molecule has 2 aliphatic rings. The largest absolute Gasteiger partial charge is 0.497 e. The van der Waals surface area contributed by atoms with Crippen molar-refractivity contribution in [2.75, 3.05) is 26.9 Å². The molecule has 0 aliphatic carbocycles. The van der Waals surface area contributed by atoms with E-state index in [0.29, 0.717) is 19.6 Å². The number of nitrogens with zero attached hydrogens (tertiary/aromatic N) is 1. The third-order valence-corrected chi connectivity index (χ3v) is 5.01. The van der Waals surface area contributed by atoms with E-state index in [1.165, 1.54) is 0 Å². The van der Waals surface area contributed by atoms with E-state index in [4.69, 9.17) is 14.2 Å². The average Bonchev–Trinajstić information content (AvgIpc) is 3.18. The van der Waals surface area contributed by atoms with Gasteiger partial charge in [0, 0.05) is 6.54 Å². The number of carbonyl (C=O) groups excluding carboxylic acids is 1. The highest BCUT2D eigenvalue weighted by Gasteiger charge is 2.30. The van der Waals surface area contributed by atoms with Crippen LogP contribution in [0.2, 0.25) is 0 Å². The van der Waals surface area contributed by atoms with Gasteiger partial charge >= 0.3 is 0 Å². The Hall–Kier alpha value is -2.69. The van der Waals surface area contributed by atoms with Gasteiger partial charge in [0.1, 0.15) is 19.0 Å². The Morgan fingerprint density at radius 3 is 2.85 bits per heavy atom. The van der Waals surface area contributed by atoms with Crippen LogP contribution in [0, 0.1) is 0 Å². The smallest absolute Gasteiger partial charge is 0.227 e. The Kier molecular flexibility index (Phi) is 4.69. The van der Waals surface area contributed by atoms with E-state index in [0.717, 1.165) is 47.8 Å². The van der Waals surface area contributed by atoms with Gasteiger partial charge in [-0.15, -0.1) is 0 Å². The molecule has 2 aliphatic heterocycles. The van der Waals surface area contributed by atoms with Gasteiger partial charge in [-0.2, -0.15) is 0 Å². The summed E-state index contributed by atoms with van der Waals surface area (Å²) in [7, 11) is 1.64. The summed E-state index contributed by atoms with van der Waals surface area (Å²) < 4.78 is 16.6. The number of hydrogen-bond donors (Lipinski definition) is 0. The predicted octanol–water partition coefficient (Wildman–Crippen LogP) is 3.37. The van der Waals surface area contributed by atoms with Crippen molar-refractivity contribution in [1.29, 1.82) is 0 Å². The topological polar surface area (TPSA) is 48.0 Å². The second kappa shape index (κ2) is 7.28. The lowest BCUT2D eigenvalue weighted by Gasteiger charge is -2.27. The highest BCUT2D eigenvalue weighted by Crippen LogP contribution is 2.38. The van der Waals surface area contributed by atoms with Gasteiger partial charge in [-0.25, -0.2) is 0 Å². The van der Waals surface area contributed by atoms with Crippen molar-refractivity contribution in [3.8, 4) is 17.2 Å². The maximum absolute atomic E-state index is 12.9. The van der Waals surface area contributed by atoms with Crippen molar-refractivity contribution in [3.63, 3.8) is 0 Å². The van der Waals surface area contributed by atoms with Crippen molar-refractivity contribution in [2.45, 2.75) is 25.3 Å². The molecular weight excluding hydrogens is 330 g/mol. The lowest BCUT2D eigenvalue weighted by Crippen LogP contribution is -2.32. The molecule has 0 spiro atoms. The van der Waals surface area contributed by atoms with Crippen molar-refractivity contribution in [3.05, 3.63) is 53.6 Å². The summed E-state index contributed by atoms with van der Waals surface area (Å²) in [5.41, 5.74) is 2.09. The van der Waals surface area contributed by atoms with Gasteiger partial charge in [0.15, 0.2) is 11.5 Å². The lowest BCUT2D eigenvalue weighted by molar-refractivity contribution is -0.131. The zero-order chi connectivity index (χ0) is 17.9. The van der Waals surface area contributed by atoms with Gasteiger partial charge in [-0.3, -0.25) is 4.79 Å². The average molecular weight is 353 g/mol. The van der Waals surface area contributed by atoms with E-state index in [1.54, 1.807) is 7.11 Å². The molecule has 1 atom stereocenters. The van der Waals surface area contributed by atoms with Gasteiger partial charge in [0.05, 0.1) is 19.6 Å². The van der Waals surface area contributed by atoms with Crippen LogP contribution in [0.15, 0.2) is 42.5 Å². The van der Waals surface area contributed by atoms with Crippen LogP contribution in [0.25, 0.3) is 0 Å². The molecule has 1 amide bonds. The fraction of sp³-hybridized carbons (Fsp3) is 0.381. The van der Waals surface area contributed by atoms with Crippen LogP contribution in [0.3, 0.4) is 0 Å². The summed E-state index contributed by atoms with van der Waals surface area (Å²) >= 11 is 0. The van der Waals surface area contributed by atoms with Gasteiger partial charge in [0.2, 0.25) is 5.91 Å². The van der Waals surface area contributed by atoms with Crippen molar-refractivity contribution in [2.24, 2.45) is 0 Å². The monoisotopic (exact) mass is 353 g/mol. The van der Waals surface area contributed by atoms with E-state index in [1.807, 2.05) is 41.3 Å². The Labute approximate surface area is 153 Å². The number of hydrogen-bond acceptors (Lipinski definition) is 4. The number of methoxy groups -OCH3 is 1. The molecule has 5 nitrogen and oxygen atoms in total. The summed E-state index contributed by atoms with van der Waals surface area (Å²) in [5, 5.41) is 0. The minimum atomic E-state index is 0.101. The summed E-state index contributed by atoms with van der Waals surface area (Å²) in [6, 6.07) is 13.8. The number of benzene rings is 2. The molecule has 2 aromatic carbocycles. The molecule has 1 saturated heterocycles. The molecule has 1 fully saturated rings. The van der Waals surface area contributed by atoms with Crippen molar-refractivity contribution < 1.29 is 19.0 Å². The first-order valence-corrected chi connectivity index (χ1v) is 9.06. The van der Waals surface area contributed by atoms with Crippen LogP contribution in [0.5, 0.6) is 17.2 Å². The molecule has 1 unspecified atom stereocenters. The zero-order valence-electron chi connectivity index (χ0n) is 14.9. The molecule has 136 valence electrons. The SMILES string of the molecule is COc1cccc(CC(=O)N2CCCC2c2ccc3c(c2)OCCO3)c1. The summed E-state index contributed by atoms with van der Waals surface area (Å²) in [5.74, 6) is 2.49. The molecule has 2 heterocycles. The van der Waals surface area contributed by atoms with E-state index < -0.39 is 0 Å². The maximum Gasteiger partial charge on any atom is 0.227 e. The number of amides is 1. The lowest BCUT2D eigenvalue weighted by atomic mass is 10.0. The summed E-state index contributed by atoms with van der Waals surface area (Å²) in [6.45, 7) is 1.95. The fourth-order valence-corrected chi connectivity index (χ4v) is 3.74. The first-order chi connectivity index (χ1) is 12.7. The maximum atomic E-state index is 12.9. The molecule has 0 N–H and O–H groups in total. The predicted molar refractivity (Wildman–Crippen MR) is 97.8 cm³/mol. The van der Waals surface area contributed by atoms with E-state index in [9.17, 15) is 4.79 Å². The van der Waals surface area contributed by atoms with Crippen LogP contribution in [0.1, 0.15) is 30.0 Å². The second-order valence-corrected chi connectivity index (χ2v) is 6.68. The molecular formula is C21H23NO4. The Morgan fingerprint density at radius 1 is 1.15 bits per heavy atom. The van der Waals surface area contributed by atoms with Gasteiger partial charge in [-0.1, -0.05) is 18.2 Å². The minimum absolute atomic E-state index is 0.101.